The van der Waals surface area contributed by atoms with E-state index in [1.165, 1.54) is 6.33 Å². The number of anilines is 1. The van der Waals surface area contributed by atoms with Crippen molar-refractivity contribution in [3.8, 4) is 0 Å². The van der Waals surface area contributed by atoms with Gasteiger partial charge < -0.3 is 10.2 Å². The van der Waals surface area contributed by atoms with Gasteiger partial charge in [-0.2, -0.15) is 5.10 Å². The van der Waals surface area contributed by atoms with Crippen molar-refractivity contribution in [2.45, 2.75) is 23.8 Å². The van der Waals surface area contributed by atoms with Gasteiger partial charge in [0.1, 0.15) is 12.7 Å². The van der Waals surface area contributed by atoms with E-state index in [-0.39, 0.29) is 12.1 Å². The minimum Gasteiger partial charge on any atom is -0.322 e. The number of urea groups is 1. The van der Waals surface area contributed by atoms with Crippen molar-refractivity contribution in [2.75, 3.05) is 24.7 Å². The topological polar surface area (TPSA) is 80.1 Å². The number of likely N-dealkylation sites (tertiary alicyclic amines) is 1. The highest BCUT2D eigenvalue weighted by atomic mass is 32.2. The summed E-state index contributed by atoms with van der Waals surface area (Å²) in [5.74, 6) is 0. The highest BCUT2D eigenvalue weighted by Gasteiger charge is 2.25. The molecule has 8 heteroatoms. The molecule has 1 aromatic heterocycles. The van der Waals surface area contributed by atoms with Gasteiger partial charge in [0.05, 0.1) is 6.04 Å². The molecule has 23 heavy (non-hydrogen) atoms. The van der Waals surface area contributed by atoms with E-state index in [1.807, 2.05) is 4.68 Å². The Kier molecular flexibility index (Phi) is 4.71. The Balaban J connectivity index is 1.62. The minimum atomic E-state index is -1.01. The molecule has 0 spiro atoms. The Bertz CT molecular complexity index is 686. The fourth-order valence-corrected chi connectivity index (χ4v) is 3.21. The SMILES string of the molecule is C[S@@](=O)c1ccc(NC(=O)N2CCC[C@H](n3cncn3)C2)cc1. The molecule has 2 amide bonds. The zero-order valence-corrected chi connectivity index (χ0v) is 13.7. The molecule has 1 N–H and O–H groups in total. The van der Waals surface area contributed by atoms with Crippen LogP contribution in [0.4, 0.5) is 10.5 Å². The predicted octanol–water partition coefficient (Wildman–Crippen LogP) is 1.88. The number of carbonyl (C=O) groups is 1. The molecule has 7 nitrogen and oxygen atoms in total. The summed E-state index contributed by atoms with van der Waals surface area (Å²) in [6, 6.07) is 7.11. The smallest absolute Gasteiger partial charge is 0.321 e. The standard InChI is InChI=1S/C15H19N5O2S/c1-23(22)14-6-4-12(5-7-14)18-15(21)19-8-2-3-13(9-19)20-11-16-10-17-20/h4-7,10-11,13H,2-3,8-9H2,1H3,(H,18,21)/t13-,23+/m0/s1. The molecular formula is C15H19N5O2S. The van der Waals surface area contributed by atoms with E-state index >= 15 is 0 Å². The van der Waals surface area contributed by atoms with E-state index < -0.39 is 10.8 Å². The molecule has 1 fully saturated rings. The third kappa shape index (κ3) is 3.76. The third-order valence-electron chi connectivity index (χ3n) is 3.93. The van der Waals surface area contributed by atoms with Gasteiger partial charge in [-0.05, 0) is 37.1 Å². The van der Waals surface area contributed by atoms with Crippen LogP contribution in [0.3, 0.4) is 0 Å². The maximum absolute atomic E-state index is 12.4. The third-order valence-corrected chi connectivity index (χ3v) is 4.87. The molecular weight excluding hydrogens is 314 g/mol. The molecule has 0 radical (unpaired) electrons. The summed E-state index contributed by atoms with van der Waals surface area (Å²) in [6.07, 6.45) is 6.76. The van der Waals surface area contributed by atoms with Crippen LogP contribution < -0.4 is 5.32 Å². The Labute approximate surface area is 137 Å². The lowest BCUT2D eigenvalue weighted by Gasteiger charge is -2.32. The first-order chi connectivity index (χ1) is 11.1. The van der Waals surface area contributed by atoms with Crippen LogP contribution in [0.15, 0.2) is 41.8 Å². The second-order valence-corrected chi connectivity index (χ2v) is 6.91. The Morgan fingerprint density at radius 2 is 2.13 bits per heavy atom. The highest BCUT2D eigenvalue weighted by Crippen LogP contribution is 2.21. The fourth-order valence-electron chi connectivity index (χ4n) is 2.69. The predicted molar refractivity (Wildman–Crippen MR) is 87.7 cm³/mol. The van der Waals surface area contributed by atoms with Gasteiger partial charge in [-0.1, -0.05) is 0 Å². The van der Waals surface area contributed by atoms with Crippen molar-refractivity contribution in [1.82, 2.24) is 19.7 Å². The summed E-state index contributed by atoms with van der Waals surface area (Å²) in [4.78, 5) is 18.9. The van der Waals surface area contributed by atoms with Gasteiger partial charge in [0.15, 0.2) is 0 Å². The maximum atomic E-state index is 12.4. The van der Waals surface area contributed by atoms with E-state index in [0.29, 0.717) is 12.2 Å². The number of amides is 2. The lowest BCUT2D eigenvalue weighted by molar-refractivity contribution is 0.174. The van der Waals surface area contributed by atoms with Crippen LogP contribution in [0.2, 0.25) is 0 Å². The molecule has 1 aliphatic rings. The number of hydrogen-bond acceptors (Lipinski definition) is 4. The molecule has 0 bridgehead atoms. The molecule has 2 heterocycles. The number of carbonyl (C=O) groups excluding carboxylic acids is 1. The lowest BCUT2D eigenvalue weighted by atomic mass is 10.1. The van der Waals surface area contributed by atoms with Crippen LogP contribution in [0, 0.1) is 0 Å². The first-order valence-electron chi connectivity index (χ1n) is 7.47. The van der Waals surface area contributed by atoms with Crippen LogP contribution in [0.1, 0.15) is 18.9 Å². The van der Waals surface area contributed by atoms with Gasteiger partial charge in [0, 0.05) is 40.7 Å². The van der Waals surface area contributed by atoms with E-state index in [1.54, 1.807) is 41.7 Å². The van der Waals surface area contributed by atoms with Crippen molar-refractivity contribution in [3.63, 3.8) is 0 Å². The quantitative estimate of drug-likeness (QED) is 0.930. The summed E-state index contributed by atoms with van der Waals surface area (Å²) >= 11 is 0. The van der Waals surface area contributed by atoms with Crippen LogP contribution in [-0.2, 0) is 10.8 Å². The highest BCUT2D eigenvalue weighted by molar-refractivity contribution is 7.84. The first kappa shape index (κ1) is 15.7. The zero-order valence-electron chi connectivity index (χ0n) is 12.9. The van der Waals surface area contributed by atoms with Crippen molar-refractivity contribution in [3.05, 3.63) is 36.9 Å². The van der Waals surface area contributed by atoms with Crippen molar-refractivity contribution >= 4 is 22.5 Å². The second-order valence-electron chi connectivity index (χ2n) is 5.53. The number of nitrogens with one attached hydrogen (secondary N) is 1. The van der Waals surface area contributed by atoms with Gasteiger partial charge in [0.2, 0.25) is 0 Å². The number of nitrogens with zero attached hydrogens (tertiary/aromatic N) is 4. The number of rotatable bonds is 3. The van der Waals surface area contributed by atoms with E-state index in [9.17, 15) is 9.00 Å². The fraction of sp³-hybridized carbons (Fsp3) is 0.400. The number of benzene rings is 1. The zero-order chi connectivity index (χ0) is 16.2. The summed E-state index contributed by atoms with van der Waals surface area (Å²) in [5, 5.41) is 7.05. The van der Waals surface area contributed by atoms with Gasteiger partial charge in [0.25, 0.3) is 0 Å². The van der Waals surface area contributed by atoms with Crippen LogP contribution >= 0.6 is 0 Å². The van der Waals surface area contributed by atoms with Crippen molar-refractivity contribution in [2.24, 2.45) is 0 Å². The van der Waals surface area contributed by atoms with Gasteiger partial charge in [-0.3, -0.25) is 4.21 Å². The van der Waals surface area contributed by atoms with Crippen molar-refractivity contribution in [1.29, 1.82) is 0 Å². The Hall–Kier alpha value is -2.22. The average molecular weight is 333 g/mol. The van der Waals surface area contributed by atoms with E-state index in [0.717, 1.165) is 24.3 Å². The molecule has 1 aliphatic heterocycles. The van der Waals surface area contributed by atoms with Gasteiger partial charge in [-0.15, -0.1) is 0 Å². The van der Waals surface area contributed by atoms with Crippen LogP contribution in [0.5, 0.6) is 0 Å². The maximum Gasteiger partial charge on any atom is 0.321 e. The van der Waals surface area contributed by atoms with E-state index in [4.69, 9.17) is 0 Å². The number of piperidine rings is 1. The molecule has 1 aromatic carbocycles. The molecule has 1 saturated heterocycles. The van der Waals surface area contributed by atoms with E-state index in [2.05, 4.69) is 15.4 Å². The minimum absolute atomic E-state index is 0.125. The Morgan fingerprint density at radius 3 is 2.78 bits per heavy atom. The summed E-state index contributed by atoms with van der Waals surface area (Å²) in [5.41, 5.74) is 0.701. The monoisotopic (exact) mass is 333 g/mol. The normalized spacial score (nSPS) is 19.3. The average Bonchev–Trinajstić information content (AvgIpc) is 3.10. The van der Waals surface area contributed by atoms with Gasteiger partial charge in [-0.25, -0.2) is 14.5 Å². The van der Waals surface area contributed by atoms with Crippen LogP contribution in [-0.4, -0.2) is 49.2 Å². The molecule has 2 atom stereocenters. The first-order valence-corrected chi connectivity index (χ1v) is 9.03. The van der Waals surface area contributed by atoms with Gasteiger partial charge >= 0.3 is 6.03 Å². The number of hydrogen-bond donors (Lipinski definition) is 1. The van der Waals surface area contributed by atoms with Crippen molar-refractivity contribution < 1.29 is 9.00 Å². The summed E-state index contributed by atoms with van der Waals surface area (Å²) < 4.78 is 13.2. The molecule has 0 saturated carbocycles. The number of aromatic nitrogens is 3. The Morgan fingerprint density at radius 1 is 1.35 bits per heavy atom. The second kappa shape index (κ2) is 6.91. The molecule has 122 valence electrons. The lowest BCUT2D eigenvalue weighted by Crippen LogP contribution is -2.43. The molecule has 0 unspecified atom stereocenters. The molecule has 0 aliphatic carbocycles. The van der Waals surface area contributed by atoms with Crippen LogP contribution in [0.25, 0.3) is 0 Å². The molecule has 2 aromatic rings. The summed E-state index contributed by atoms with van der Waals surface area (Å²) in [6.45, 7) is 1.35. The summed E-state index contributed by atoms with van der Waals surface area (Å²) in [7, 11) is -1.01. The largest absolute Gasteiger partial charge is 0.322 e. The molecule has 3 rings (SSSR count).